The summed E-state index contributed by atoms with van der Waals surface area (Å²) in [6.45, 7) is 0.985. The summed E-state index contributed by atoms with van der Waals surface area (Å²) < 4.78 is 0. The highest BCUT2D eigenvalue weighted by Crippen LogP contribution is 2.19. The first kappa shape index (κ1) is 8.31. The van der Waals surface area contributed by atoms with Crippen LogP contribution in [0.5, 0.6) is 0 Å². The van der Waals surface area contributed by atoms with Gasteiger partial charge in [0.2, 0.25) is 5.43 Å². The lowest BCUT2D eigenvalue weighted by atomic mass is 10.1. The number of nitrogen functional groups attached to an aromatic ring is 1. The molecular weight excluding hydrogens is 166 g/mol. The highest BCUT2D eigenvalue weighted by Gasteiger charge is 2.19. The Hall–Kier alpha value is -1.29. The monoisotopic (exact) mass is 179 g/mol. The number of hydrogen-bond acceptors (Lipinski definition) is 3. The van der Waals surface area contributed by atoms with Crippen molar-refractivity contribution in [2.24, 2.45) is 0 Å². The third-order valence-electron chi connectivity index (χ3n) is 2.44. The molecule has 13 heavy (non-hydrogen) atoms. The minimum Gasteiger partial charge on any atom is -0.394 e. The van der Waals surface area contributed by atoms with Crippen molar-refractivity contribution in [2.75, 3.05) is 12.3 Å². The van der Waals surface area contributed by atoms with Crippen LogP contribution in [0.1, 0.15) is 24.4 Å². The number of nitrogens with one attached hydrogen (secondary N) is 2. The van der Waals surface area contributed by atoms with E-state index >= 15 is 0 Å². The first-order valence-corrected chi connectivity index (χ1v) is 4.49. The maximum atomic E-state index is 11.6. The van der Waals surface area contributed by atoms with Crippen molar-refractivity contribution in [2.45, 2.75) is 18.9 Å². The molecule has 0 unspecified atom stereocenters. The molecule has 0 spiro atoms. The Morgan fingerprint density at radius 3 is 3.00 bits per heavy atom. The molecule has 0 bridgehead atoms. The molecule has 1 aliphatic heterocycles. The van der Waals surface area contributed by atoms with Crippen LogP contribution in [-0.4, -0.2) is 11.5 Å². The van der Waals surface area contributed by atoms with E-state index in [-0.39, 0.29) is 11.5 Å². The molecule has 1 aromatic heterocycles. The molecule has 0 saturated carbocycles. The van der Waals surface area contributed by atoms with E-state index in [9.17, 15) is 4.79 Å². The van der Waals surface area contributed by atoms with E-state index in [0.29, 0.717) is 5.69 Å². The average molecular weight is 179 g/mol. The van der Waals surface area contributed by atoms with Gasteiger partial charge in [0, 0.05) is 24.0 Å². The van der Waals surface area contributed by atoms with E-state index in [1.807, 2.05) is 0 Å². The summed E-state index contributed by atoms with van der Waals surface area (Å²) in [6, 6.07) is 0.187. The van der Waals surface area contributed by atoms with Gasteiger partial charge in [0.05, 0.1) is 5.69 Å². The maximum absolute atomic E-state index is 11.6. The van der Waals surface area contributed by atoms with Crippen LogP contribution in [0.25, 0.3) is 0 Å². The number of aromatic amines is 1. The van der Waals surface area contributed by atoms with E-state index in [2.05, 4.69) is 10.3 Å². The second kappa shape index (κ2) is 3.22. The van der Waals surface area contributed by atoms with Crippen LogP contribution in [0.2, 0.25) is 0 Å². The molecule has 4 nitrogen and oxygen atoms in total. The van der Waals surface area contributed by atoms with Gasteiger partial charge in [-0.15, -0.1) is 0 Å². The van der Waals surface area contributed by atoms with Crippen LogP contribution in [0.15, 0.2) is 17.2 Å². The molecule has 1 atom stereocenters. The normalized spacial score (nSPS) is 22.0. The van der Waals surface area contributed by atoms with E-state index in [1.165, 1.54) is 6.20 Å². The molecule has 1 aromatic rings. The minimum absolute atomic E-state index is 0.0434. The molecule has 1 saturated heterocycles. The largest absolute Gasteiger partial charge is 0.394 e. The first-order valence-electron chi connectivity index (χ1n) is 4.49. The van der Waals surface area contributed by atoms with Crippen LogP contribution in [0.3, 0.4) is 0 Å². The van der Waals surface area contributed by atoms with Gasteiger partial charge in [0.15, 0.2) is 0 Å². The average Bonchev–Trinajstić information content (AvgIpc) is 2.62. The summed E-state index contributed by atoms with van der Waals surface area (Å²) in [6.07, 6.45) is 5.41. The van der Waals surface area contributed by atoms with Gasteiger partial charge in [0.25, 0.3) is 0 Å². The Balaban J connectivity index is 2.39. The zero-order valence-corrected chi connectivity index (χ0v) is 7.34. The molecular formula is C9H13N3O. The molecule has 4 N–H and O–H groups in total. The lowest BCUT2D eigenvalue weighted by Crippen LogP contribution is -2.22. The fourth-order valence-electron chi connectivity index (χ4n) is 1.73. The van der Waals surface area contributed by atoms with Gasteiger partial charge < -0.3 is 16.0 Å². The van der Waals surface area contributed by atoms with Gasteiger partial charge >= 0.3 is 0 Å². The highest BCUT2D eigenvalue weighted by molar-refractivity contribution is 5.38. The van der Waals surface area contributed by atoms with Crippen molar-refractivity contribution in [3.63, 3.8) is 0 Å². The Morgan fingerprint density at radius 1 is 1.46 bits per heavy atom. The van der Waals surface area contributed by atoms with Crippen LogP contribution in [0.4, 0.5) is 5.69 Å². The summed E-state index contributed by atoms with van der Waals surface area (Å²) in [4.78, 5) is 14.5. The minimum atomic E-state index is -0.0434. The van der Waals surface area contributed by atoms with Crippen LogP contribution in [0, 0.1) is 0 Å². The summed E-state index contributed by atoms with van der Waals surface area (Å²) in [7, 11) is 0. The van der Waals surface area contributed by atoms with Gasteiger partial charge in [0.1, 0.15) is 0 Å². The Bertz CT molecular complexity index is 352. The molecule has 2 heterocycles. The lowest BCUT2D eigenvalue weighted by Gasteiger charge is -2.09. The molecule has 0 radical (unpaired) electrons. The molecule has 4 heteroatoms. The molecule has 0 aromatic carbocycles. The number of rotatable bonds is 1. The van der Waals surface area contributed by atoms with Gasteiger partial charge in [-0.05, 0) is 19.4 Å². The van der Waals surface area contributed by atoms with E-state index < -0.39 is 0 Å². The fourth-order valence-corrected chi connectivity index (χ4v) is 1.73. The third-order valence-corrected chi connectivity index (χ3v) is 2.44. The molecule has 0 amide bonds. The van der Waals surface area contributed by atoms with Crippen molar-refractivity contribution >= 4 is 5.69 Å². The SMILES string of the molecule is Nc1c[nH]cc([C@@H]2CCCN2)c1=O. The van der Waals surface area contributed by atoms with Crippen molar-refractivity contribution in [1.29, 1.82) is 0 Å². The zero-order chi connectivity index (χ0) is 9.26. The summed E-state index contributed by atoms with van der Waals surface area (Å²) in [5.74, 6) is 0. The predicted molar refractivity (Wildman–Crippen MR) is 51.5 cm³/mol. The standard InChI is InChI=1S/C9H13N3O/c10-7-5-11-4-6(9(7)13)8-2-1-3-12-8/h4-5,8,12H,1-3,10H2,(H,11,13)/t8-/m0/s1. The number of H-pyrrole nitrogens is 1. The van der Waals surface area contributed by atoms with Crippen LogP contribution < -0.4 is 16.5 Å². The first-order chi connectivity index (χ1) is 6.29. The number of aromatic nitrogens is 1. The van der Waals surface area contributed by atoms with E-state index in [1.54, 1.807) is 6.20 Å². The molecule has 1 aliphatic rings. The van der Waals surface area contributed by atoms with E-state index in [0.717, 1.165) is 24.9 Å². The van der Waals surface area contributed by atoms with Crippen molar-refractivity contribution in [3.8, 4) is 0 Å². The maximum Gasteiger partial charge on any atom is 0.209 e. The van der Waals surface area contributed by atoms with Gasteiger partial charge in [-0.1, -0.05) is 0 Å². The second-order valence-corrected chi connectivity index (χ2v) is 3.34. The summed E-state index contributed by atoms with van der Waals surface area (Å²) >= 11 is 0. The van der Waals surface area contributed by atoms with E-state index in [4.69, 9.17) is 5.73 Å². The topological polar surface area (TPSA) is 70.9 Å². The predicted octanol–water partition coefficient (Wildman–Crippen LogP) is 0.382. The van der Waals surface area contributed by atoms with Gasteiger partial charge in [-0.2, -0.15) is 0 Å². The number of hydrogen-bond donors (Lipinski definition) is 3. The van der Waals surface area contributed by atoms with Gasteiger partial charge in [-0.3, -0.25) is 4.79 Å². The summed E-state index contributed by atoms with van der Waals surface area (Å²) in [5, 5.41) is 3.27. The quantitative estimate of drug-likeness (QED) is 0.583. The number of nitrogens with two attached hydrogens (primary N) is 1. The highest BCUT2D eigenvalue weighted by atomic mass is 16.1. The van der Waals surface area contributed by atoms with Crippen molar-refractivity contribution in [3.05, 3.63) is 28.2 Å². The number of anilines is 1. The summed E-state index contributed by atoms with van der Waals surface area (Å²) in [5.41, 5.74) is 6.53. The lowest BCUT2D eigenvalue weighted by molar-refractivity contribution is 0.641. The zero-order valence-electron chi connectivity index (χ0n) is 7.34. The molecule has 0 aliphatic carbocycles. The van der Waals surface area contributed by atoms with Crippen LogP contribution >= 0.6 is 0 Å². The Labute approximate surface area is 76.2 Å². The van der Waals surface area contributed by atoms with Gasteiger partial charge in [-0.25, -0.2) is 0 Å². The Kier molecular flexibility index (Phi) is 2.06. The number of pyridine rings is 1. The van der Waals surface area contributed by atoms with Crippen molar-refractivity contribution < 1.29 is 0 Å². The molecule has 70 valence electrons. The third kappa shape index (κ3) is 1.45. The molecule has 2 rings (SSSR count). The second-order valence-electron chi connectivity index (χ2n) is 3.34. The molecule has 1 fully saturated rings. The smallest absolute Gasteiger partial charge is 0.209 e. The fraction of sp³-hybridized carbons (Fsp3) is 0.444. The van der Waals surface area contributed by atoms with Crippen molar-refractivity contribution in [1.82, 2.24) is 10.3 Å². The van der Waals surface area contributed by atoms with Crippen LogP contribution in [-0.2, 0) is 0 Å². The Morgan fingerprint density at radius 2 is 2.31 bits per heavy atom.